The van der Waals surface area contributed by atoms with Gasteiger partial charge in [-0.05, 0) is 42.3 Å². The molecule has 0 spiro atoms. The second-order valence-electron chi connectivity index (χ2n) is 8.29. The normalized spacial score (nSPS) is 16.2. The number of nitrogens with zero attached hydrogens (tertiary/aromatic N) is 1. The van der Waals surface area contributed by atoms with Crippen LogP contribution in [-0.4, -0.2) is 22.7 Å². The molecule has 1 aliphatic rings. The minimum absolute atomic E-state index is 0.0146. The van der Waals surface area contributed by atoms with Gasteiger partial charge in [0.1, 0.15) is 11.9 Å². The van der Waals surface area contributed by atoms with E-state index in [0.717, 1.165) is 22.9 Å². The Bertz CT molecular complexity index is 1170. The van der Waals surface area contributed by atoms with Crippen LogP contribution >= 0.6 is 11.8 Å². The van der Waals surface area contributed by atoms with Crippen LogP contribution in [0.25, 0.3) is 0 Å². The lowest BCUT2D eigenvalue weighted by Gasteiger charge is -2.33. The van der Waals surface area contributed by atoms with E-state index < -0.39 is 12.0 Å². The quantitative estimate of drug-likeness (QED) is 0.532. The first-order valence-electron chi connectivity index (χ1n) is 11.0. The number of hydrogen-bond acceptors (Lipinski definition) is 4. The third-order valence-corrected chi connectivity index (χ3v) is 6.82. The van der Waals surface area contributed by atoms with E-state index in [1.54, 1.807) is 12.1 Å². The lowest BCUT2D eigenvalue weighted by Crippen LogP contribution is -2.46. The first kappa shape index (κ1) is 23.7. The summed E-state index contributed by atoms with van der Waals surface area (Å²) in [5.74, 6) is -1.06. The number of thioether (sulfide) groups is 1. The van der Waals surface area contributed by atoms with Gasteiger partial charge < -0.3 is 5.32 Å². The molecule has 1 aliphatic heterocycles. The molecule has 174 valence electrons. The van der Waals surface area contributed by atoms with Crippen LogP contribution in [0.15, 0.2) is 78.9 Å². The molecule has 3 aromatic rings. The van der Waals surface area contributed by atoms with Crippen LogP contribution in [0, 0.1) is 18.7 Å². The van der Waals surface area contributed by atoms with Crippen LogP contribution in [-0.2, 0) is 20.9 Å². The van der Waals surface area contributed by atoms with Crippen molar-refractivity contribution in [3.8, 4) is 0 Å². The number of amides is 2. The zero-order chi connectivity index (χ0) is 24.1. The van der Waals surface area contributed by atoms with Crippen LogP contribution in [0.2, 0.25) is 0 Å². The highest BCUT2D eigenvalue weighted by atomic mass is 32.2. The lowest BCUT2D eigenvalue weighted by molar-refractivity contribution is -0.128. The fourth-order valence-corrected chi connectivity index (χ4v) is 4.88. The molecule has 0 aliphatic carbocycles. The maximum atomic E-state index is 13.7. The summed E-state index contributed by atoms with van der Waals surface area (Å²) in [6.07, 6.45) is 0.157. The lowest BCUT2D eigenvalue weighted by atomic mass is 9.99. The van der Waals surface area contributed by atoms with Crippen molar-refractivity contribution in [3.05, 3.63) is 101 Å². The Hall–Kier alpha value is -3.45. The first-order valence-corrected chi connectivity index (χ1v) is 12.0. The topological polar surface area (TPSA) is 66.5 Å². The molecule has 1 heterocycles. The minimum Gasteiger partial charge on any atom is -0.350 e. The van der Waals surface area contributed by atoms with Gasteiger partial charge in [-0.2, -0.15) is 0 Å². The van der Waals surface area contributed by atoms with E-state index in [9.17, 15) is 18.8 Å². The fourth-order valence-electron chi connectivity index (χ4n) is 3.92. The molecule has 2 amide bonds. The van der Waals surface area contributed by atoms with E-state index in [4.69, 9.17) is 0 Å². The van der Waals surface area contributed by atoms with Gasteiger partial charge >= 0.3 is 0 Å². The minimum atomic E-state index is -0.933. The van der Waals surface area contributed by atoms with E-state index >= 15 is 0 Å². The van der Waals surface area contributed by atoms with Gasteiger partial charge in [-0.1, -0.05) is 71.9 Å². The molecule has 1 saturated heterocycles. The van der Waals surface area contributed by atoms with Gasteiger partial charge in [0.15, 0.2) is 5.12 Å². The predicted molar refractivity (Wildman–Crippen MR) is 132 cm³/mol. The monoisotopic (exact) mass is 476 g/mol. The van der Waals surface area contributed by atoms with Gasteiger partial charge in [-0.15, -0.1) is 0 Å². The maximum Gasteiger partial charge on any atom is 0.248 e. The summed E-state index contributed by atoms with van der Waals surface area (Å²) in [6, 6.07) is 21.5. The summed E-state index contributed by atoms with van der Waals surface area (Å²) < 4.78 is 13.3. The standard InChI is InChI=1S/C27H25FN2O3S/c1-18-7-13-23(14-8-18)30(27(33)21-15-24(31)34-17-21)25(20-5-3-2-4-6-20)26(32)29-16-19-9-11-22(28)12-10-19/h2-14,21,25H,15-17H2,1H3,(H,29,32)/t21-,25+/m0/s1. The zero-order valence-corrected chi connectivity index (χ0v) is 19.6. The molecule has 4 rings (SSSR count). The molecule has 0 saturated carbocycles. The third kappa shape index (κ3) is 5.54. The van der Waals surface area contributed by atoms with Crippen molar-refractivity contribution in [1.29, 1.82) is 0 Å². The number of anilines is 1. The first-order chi connectivity index (χ1) is 16.4. The molecule has 5 nitrogen and oxygen atoms in total. The Morgan fingerprint density at radius 3 is 2.32 bits per heavy atom. The van der Waals surface area contributed by atoms with Gasteiger partial charge in [-0.3, -0.25) is 19.3 Å². The van der Waals surface area contributed by atoms with E-state index in [2.05, 4.69) is 5.32 Å². The molecular weight excluding hydrogens is 451 g/mol. The summed E-state index contributed by atoms with van der Waals surface area (Å²) in [5, 5.41) is 2.89. The largest absolute Gasteiger partial charge is 0.350 e. The number of carbonyl (C=O) groups excluding carboxylic acids is 3. The molecule has 0 unspecified atom stereocenters. The third-order valence-electron chi connectivity index (χ3n) is 5.76. The SMILES string of the molecule is Cc1ccc(N(C(=O)[C@@H]2CSC(=O)C2)[C@@H](C(=O)NCc2ccc(F)cc2)c2ccccc2)cc1. The van der Waals surface area contributed by atoms with Crippen LogP contribution in [0.5, 0.6) is 0 Å². The van der Waals surface area contributed by atoms with Crippen molar-refractivity contribution in [1.82, 2.24) is 5.32 Å². The Kier molecular flexibility index (Phi) is 7.43. The number of halogens is 1. The van der Waals surface area contributed by atoms with Gasteiger partial charge in [0, 0.05) is 24.4 Å². The molecule has 1 fully saturated rings. The molecule has 0 aromatic heterocycles. The van der Waals surface area contributed by atoms with Crippen LogP contribution < -0.4 is 10.2 Å². The van der Waals surface area contributed by atoms with Crippen molar-refractivity contribution in [2.75, 3.05) is 10.7 Å². The number of rotatable bonds is 7. The van der Waals surface area contributed by atoms with Gasteiger partial charge in [0.25, 0.3) is 0 Å². The molecular formula is C27H25FN2O3S. The second kappa shape index (κ2) is 10.7. The van der Waals surface area contributed by atoms with Crippen molar-refractivity contribution in [2.24, 2.45) is 5.92 Å². The molecule has 34 heavy (non-hydrogen) atoms. The number of benzene rings is 3. The van der Waals surface area contributed by atoms with Crippen LogP contribution in [0.3, 0.4) is 0 Å². The summed E-state index contributed by atoms with van der Waals surface area (Å²) in [6.45, 7) is 2.14. The average Bonchev–Trinajstić information content (AvgIpc) is 3.29. The van der Waals surface area contributed by atoms with E-state index in [1.807, 2.05) is 61.5 Å². The smallest absolute Gasteiger partial charge is 0.248 e. The van der Waals surface area contributed by atoms with E-state index in [1.165, 1.54) is 17.0 Å². The van der Waals surface area contributed by atoms with Crippen molar-refractivity contribution in [3.63, 3.8) is 0 Å². The van der Waals surface area contributed by atoms with E-state index in [-0.39, 0.29) is 35.7 Å². The van der Waals surface area contributed by atoms with Gasteiger partial charge in [0.05, 0.1) is 5.92 Å². The second-order valence-corrected chi connectivity index (χ2v) is 9.36. The van der Waals surface area contributed by atoms with Crippen LogP contribution in [0.4, 0.5) is 10.1 Å². The Balaban J connectivity index is 1.70. The summed E-state index contributed by atoms with van der Waals surface area (Å²) >= 11 is 1.16. The fraction of sp³-hybridized carbons (Fsp3) is 0.222. The van der Waals surface area contributed by atoms with Crippen molar-refractivity contribution in [2.45, 2.75) is 25.9 Å². The maximum absolute atomic E-state index is 13.7. The highest BCUT2D eigenvalue weighted by molar-refractivity contribution is 8.14. The van der Waals surface area contributed by atoms with Crippen molar-refractivity contribution >= 4 is 34.4 Å². The van der Waals surface area contributed by atoms with Crippen LogP contribution in [0.1, 0.15) is 29.2 Å². The average molecular weight is 477 g/mol. The zero-order valence-electron chi connectivity index (χ0n) is 18.7. The summed E-state index contributed by atoms with van der Waals surface area (Å²) in [7, 11) is 0. The van der Waals surface area contributed by atoms with Gasteiger partial charge in [-0.25, -0.2) is 4.39 Å². The van der Waals surface area contributed by atoms with E-state index in [0.29, 0.717) is 17.0 Å². The highest BCUT2D eigenvalue weighted by Crippen LogP contribution is 2.34. The number of aryl methyl sites for hydroxylation is 1. The predicted octanol–water partition coefficient (Wildman–Crippen LogP) is 4.80. The molecule has 2 atom stereocenters. The molecule has 1 N–H and O–H groups in total. The highest BCUT2D eigenvalue weighted by Gasteiger charge is 2.39. The molecule has 0 radical (unpaired) electrons. The summed E-state index contributed by atoms with van der Waals surface area (Å²) in [4.78, 5) is 40.8. The van der Waals surface area contributed by atoms with Crippen molar-refractivity contribution < 1.29 is 18.8 Å². The molecule has 3 aromatic carbocycles. The number of carbonyl (C=O) groups is 3. The van der Waals surface area contributed by atoms with Gasteiger partial charge in [0.2, 0.25) is 11.8 Å². The Morgan fingerprint density at radius 1 is 1.03 bits per heavy atom. The number of hydrogen-bond donors (Lipinski definition) is 1. The number of nitrogens with one attached hydrogen (secondary N) is 1. The Labute approximate surface area is 202 Å². The Morgan fingerprint density at radius 2 is 1.71 bits per heavy atom. The molecule has 0 bridgehead atoms. The summed E-state index contributed by atoms with van der Waals surface area (Å²) in [5.41, 5.74) is 3.02. The molecule has 7 heteroatoms.